The van der Waals surface area contributed by atoms with E-state index in [-0.39, 0.29) is 11.8 Å². The van der Waals surface area contributed by atoms with Crippen LogP contribution < -0.4 is 14.2 Å². The molecule has 2 aliphatic rings. The predicted molar refractivity (Wildman–Crippen MR) is 211 cm³/mol. The van der Waals surface area contributed by atoms with E-state index >= 15 is 0 Å². The molecule has 0 fully saturated rings. The molecule has 5 nitrogen and oxygen atoms in total. The molecule has 0 spiro atoms. The highest BCUT2D eigenvalue weighted by molar-refractivity contribution is 5.82. The summed E-state index contributed by atoms with van der Waals surface area (Å²) in [6, 6.07) is 15.1. The van der Waals surface area contributed by atoms with Gasteiger partial charge in [-0.15, -0.1) is 0 Å². The van der Waals surface area contributed by atoms with Gasteiger partial charge in [0.2, 0.25) is 0 Å². The van der Waals surface area contributed by atoms with Crippen LogP contribution in [0.3, 0.4) is 0 Å². The molecule has 276 valence electrons. The molecule has 5 heteroatoms. The summed E-state index contributed by atoms with van der Waals surface area (Å²) < 4.78 is 25.7. The highest BCUT2D eigenvalue weighted by Crippen LogP contribution is 2.51. The van der Waals surface area contributed by atoms with Crippen molar-refractivity contribution in [3.63, 3.8) is 0 Å². The van der Waals surface area contributed by atoms with E-state index in [2.05, 4.69) is 97.5 Å². The number of aryl methyl sites for hydroxylation is 3. The third-order valence-electron chi connectivity index (χ3n) is 10.6. The van der Waals surface area contributed by atoms with Crippen LogP contribution in [0.15, 0.2) is 66.3 Å². The minimum Gasteiger partial charge on any atom is -0.507 e. The first-order valence-corrected chi connectivity index (χ1v) is 19.5. The lowest BCUT2D eigenvalue weighted by Crippen LogP contribution is -2.29. The fraction of sp³-hybridized carbons (Fsp3) is 0.522. The van der Waals surface area contributed by atoms with Crippen LogP contribution in [0.4, 0.5) is 0 Å². The van der Waals surface area contributed by atoms with Crippen molar-refractivity contribution in [2.75, 3.05) is 26.4 Å². The standard InChI is InChI=1S/C46H62O5/c1-9-11-13-15-34-27-40(47)44(37-25-32(5)17-19-36(37)31(3)4)41(28-34)49-23-21-48-22-24-50-42-29-35(16-14-12-10-2)30-43-45(42)38-26-33(6)18-20-39(38)46(7,8)51-43/h18,20,25-30,36-37,47H,3,9-17,19,21-24H2,1-2,4-8H3/t36-,37+/m0/s1. The number of phenols is 1. The summed E-state index contributed by atoms with van der Waals surface area (Å²) in [5, 5.41) is 11.4. The van der Waals surface area contributed by atoms with Gasteiger partial charge in [0, 0.05) is 17.0 Å². The van der Waals surface area contributed by atoms with Crippen molar-refractivity contribution in [1.82, 2.24) is 0 Å². The molecule has 0 amide bonds. The van der Waals surface area contributed by atoms with Crippen molar-refractivity contribution in [1.29, 1.82) is 0 Å². The number of hydrogen-bond donors (Lipinski definition) is 1. The molecule has 3 aromatic carbocycles. The topological polar surface area (TPSA) is 57.2 Å². The van der Waals surface area contributed by atoms with Crippen LogP contribution >= 0.6 is 0 Å². The van der Waals surface area contributed by atoms with Crippen LogP contribution in [0, 0.1) is 12.8 Å². The molecular weight excluding hydrogens is 633 g/mol. The second kappa shape index (κ2) is 17.7. The van der Waals surface area contributed by atoms with Crippen LogP contribution in [0.1, 0.15) is 127 Å². The van der Waals surface area contributed by atoms with Gasteiger partial charge in [-0.2, -0.15) is 0 Å². The summed E-state index contributed by atoms with van der Waals surface area (Å²) in [6.07, 6.45) is 13.3. The van der Waals surface area contributed by atoms with Gasteiger partial charge in [-0.05, 0) is 120 Å². The highest BCUT2D eigenvalue weighted by atomic mass is 16.5. The third-order valence-corrected chi connectivity index (χ3v) is 10.6. The maximum absolute atomic E-state index is 11.4. The van der Waals surface area contributed by atoms with Crippen molar-refractivity contribution < 1.29 is 24.1 Å². The Hall–Kier alpha value is -3.70. The van der Waals surface area contributed by atoms with Crippen LogP contribution in [-0.4, -0.2) is 31.5 Å². The Morgan fingerprint density at radius 3 is 2.18 bits per heavy atom. The van der Waals surface area contributed by atoms with E-state index < -0.39 is 5.60 Å². The van der Waals surface area contributed by atoms with E-state index in [4.69, 9.17) is 18.9 Å². The van der Waals surface area contributed by atoms with Crippen molar-refractivity contribution in [3.8, 4) is 34.1 Å². The lowest BCUT2D eigenvalue weighted by atomic mass is 9.73. The Morgan fingerprint density at radius 1 is 0.863 bits per heavy atom. The zero-order valence-electron chi connectivity index (χ0n) is 32.5. The number of allylic oxidation sites excluding steroid dienone is 3. The molecular formula is C46H62O5. The van der Waals surface area contributed by atoms with Gasteiger partial charge in [0.1, 0.15) is 41.8 Å². The Labute approximate surface area is 308 Å². The van der Waals surface area contributed by atoms with Crippen molar-refractivity contribution in [2.45, 2.75) is 124 Å². The van der Waals surface area contributed by atoms with Crippen molar-refractivity contribution in [3.05, 3.63) is 94.1 Å². The van der Waals surface area contributed by atoms with Gasteiger partial charge in [-0.25, -0.2) is 0 Å². The molecule has 1 aliphatic heterocycles. The molecule has 0 saturated carbocycles. The molecule has 0 saturated heterocycles. The number of fused-ring (bicyclic) bond motifs is 3. The maximum Gasteiger partial charge on any atom is 0.132 e. The van der Waals surface area contributed by atoms with E-state index in [1.807, 2.05) is 6.07 Å². The van der Waals surface area contributed by atoms with Gasteiger partial charge in [0.15, 0.2) is 0 Å². The average molecular weight is 695 g/mol. The Balaban J connectivity index is 1.27. The van der Waals surface area contributed by atoms with Crippen molar-refractivity contribution in [2.24, 2.45) is 5.92 Å². The fourth-order valence-electron chi connectivity index (χ4n) is 7.82. The molecule has 0 radical (unpaired) electrons. The van der Waals surface area contributed by atoms with Crippen LogP contribution in [0.2, 0.25) is 0 Å². The third kappa shape index (κ3) is 9.60. The van der Waals surface area contributed by atoms with E-state index in [0.29, 0.717) is 32.2 Å². The Bertz CT molecular complexity index is 1680. The predicted octanol–water partition coefficient (Wildman–Crippen LogP) is 12.0. The van der Waals surface area contributed by atoms with Gasteiger partial charge in [-0.1, -0.05) is 87.1 Å². The van der Waals surface area contributed by atoms with Crippen molar-refractivity contribution >= 4 is 0 Å². The lowest BCUT2D eigenvalue weighted by molar-refractivity contribution is 0.0754. The summed E-state index contributed by atoms with van der Waals surface area (Å²) in [7, 11) is 0. The van der Waals surface area contributed by atoms with Gasteiger partial charge < -0.3 is 24.1 Å². The maximum atomic E-state index is 11.4. The number of aromatic hydroxyl groups is 1. The molecule has 1 heterocycles. The van der Waals surface area contributed by atoms with E-state index in [9.17, 15) is 5.11 Å². The fourth-order valence-corrected chi connectivity index (χ4v) is 7.82. The number of unbranched alkanes of at least 4 members (excludes halogenated alkanes) is 4. The molecule has 0 aromatic heterocycles. The summed E-state index contributed by atoms with van der Waals surface area (Å²) in [5.41, 5.74) is 9.88. The number of ether oxygens (including phenoxy) is 4. The monoisotopic (exact) mass is 694 g/mol. The first-order valence-electron chi connectivity index (χ1n) is 19.5. The molecule has 1 aliphatic carbocycles. The quantitative estimate of drug-likeness (QED) is 0.106. The number of phenolic OH excluding ortho intramolecular Hbond substituents is 1. The van der Waals surface area contributed by atoms with Crippen LogP contribution in [0.25, 0.3) is 11.1 Å². The summed E-state index contributed by atoms with van der Waals surface area (Å²) >= 11 is 0. The summed E-state index contributed by atoms with van der Waals surface area (Å²) in [4.78, 5) is 0. The van der Waals surface area contributed by atoms with Crippen LogP contribution in [0.5, 0.6) is 23.0 Å². The first kappa shape index (κ1) is 38.5. The minimum absolute atomic E-state index is 0.0393. The van der Waals surface area contributed by atoms with E-state index in [0.717, 1.165) is 84.5 Å². The molecule has 0 bridgehead atoms. The zero-order chi connectivity index (χ0) is 36.5. The normalized spacial score (nSPS) is 17.6. The van der Waals surface area contributed by atoms with Gasteiger partial charge in [-0.3, -0.25) is 0 Å². The van der Waals surface area contributed by atoms with Gasteiger partial charge in [0.25, 0.3) is 0 Å². The van der Waals surface area contributed by atoms with Gasteiger partial charge in [0.05, 0.1) is 18.8 Å². The highest BCUT2D eigenvalue weighted by Gasteiger charge is 2.35. The molecule has 1 N–H and O–H groups in total. The zero-order valence-corrected chi connectivity index (χ0v) is 32.5. The number of benzene rings is 3. The number of hydrogen-bond acceptors (Lipinski definition) is 5. The molecule has 3 aromatic rings. The second-order valence-corrected chi connectivity index (χ2v) is 15.4. The summed E-state index contributed by atoms with van der Waals surface area (Å²) in [5.74, 6) is 3.13. The van der Waals surface area contributed by atoms with Gasteiger partial charge >= 0.3 is 0 Å². The number of rotatable bonds is 18. The van der Waals surface area contributed by atoms with E-state index in [1.165, 1.54) is 47.1 Å². The molecule has 2 atom stereocenters. The molecule has 5 rings (SSSR count). The molecule has 51 heavy (non-hydrogen) atoms. The largest absolute Gasteiger partial charge is 0.507 e. The summed E-state index contributed by atoms with van der Waals surface area (Å²) in [6.45, 7) is 21.1. The Morgan fingerprint density at radius 2 is 1.51 bits per heavy atom. The van der Waals surface area contributed by atoms with Crippen LogP contribution in [-0.2, 0) is 23.2 Å². The lowest BCUT2D eigenvalue weighted by Gasteiger charge is -2.36. The smallest absolute Gasteiger partial charge is 0.132 e. The second-order valence-electron chi connectivity index (χ2n) is 15.4. The SMILES string of the molecule is C=C(C)[C@@H]1CCC(C)=C[C@H]1c1c(O)cc(CCCCC)cc1OCCOCCOc1cc(CCCCC)cc2c1-c1cc(C)ccc1C(C)(C)O2. The average Bonchev–Trinajstić information content (AvgIpc) is 3.07. The Kier molecular flexibility index (Phi) is 13.4. The first-order chi connectivity index (χ1) is 24.5. The molecule has 0 unspecified atom stereocenters. The minimum atomic E-state index is -0.429. The van der Waals surface area contributed by atoms with E-state index in [1.54, 1.807) is 0 Å².